The van der Waals surface area contributed by atoms with Gasteiger partial charge in [-0.05, 0) is 25.1 Å². The number of nitro groups is 1. The number of nitro benzene ring substituents is 1. The first kappa shape index (κ1) is 14.0. The van der Waals surface area contributed by atoms with Gasteiger partial charge in [0.1, 0.15) is 5.75 Å². The van der Waals surface area contributed by atoms with Crippen molar-refractivity contribution in [3.63, 3.8) is 0 Å². The predicted molar refractivity (Wildman–Crippen MR) is 72.2 cm³/mol. The summed E-state index contributed by atoms with van der Waals surface area (Å²) in [5.41, 5.74) is 6.24. The van der Waals surface area contributed by atoms with Crippen LogP contribution in [0.3, 0.4) is 0 Å². The van der Waals surface area contributed by atoms with Crippen LogP contribution in [0.25, 0.3) is 0 Å². The number of nitrogens with zero attached hydrogens (tertiary/aromatic N) is 1. The summed E-state index contributed by atoms with van der Waals surface area (Å²) >= 11 is 0. The molecule has 2 rings (SSSR count). The molecule has 104 valence electrons. The van der Waals surface area contributed by atoms with Gasteiger partial charge in [0.05, 0.1) is 4.92 Å². The van der Waals surface area contributed by atoms with Gasteiger partial charge in [0.15, 0.2) is 11.6 Å². The minimum Gasteiger partial charge on any atom is -0.454 e. The van der Waals surface area contributed by atoms with E-state index in [0.29, 0.717) is 11.3 Å². The summed E-state index contributed by atoms with van der Waals surface area (Å²) in [5, 5.41) is 10.6. The highest BCUT2D eigenvalue weighted by Gasteiger charge is 2.14. The first-order valence-electron chi connectivity index (χ1n) is 5.95. The second-order valence-electron chi connectivity index (χ2n) is 4.30. The molecule has 0 aliphatic carbocycles. The Morgan fingerprint density at radius 1 is 1.25 bits per heavy atom. The minimum atomic E-state index is -0.529. The lowest BCUT2D eigenvalue weighted by atomic mass is 10.1. The highest BCUT2D eigenvalue weighted by Crippen LogP contribution is 2.32. The molecule has 0 spiro atoms. The average Bonchev–Trinajstić information content (AvgIpc) is 2.41. The normalized spacial score (nSPS) is 11.9. The fourth-order valence-electron chi connectivity index (χ4n) is 1.75. The molecule has 0 saturated heterocycles. The Kier molecular flexibility index (Phi) is 3.95. The zero-order valence-corrected chi connectivity index (χ0v) is 10.7. The SMILES string of the molecule is C[C@@H](N)c1cccc(F)c1Oc1ccc([N+](=O)[O-])cc1. The van der Waals surface area contributed by atoms with Crippen LogP contribution in [0.5, 0.6) is 11.5 Å². The maximum Gasteiger partial charge on any atom is 0.269 e. The molecule has 0 heterocycles. The zero-order chi connectivity index (χ0) is 14.7. The molecular formula is C14H13FN2O3. The molecule has 0 aliphatic rings. The molecule has 0 fully saturated rings. The van der Waals surface area contributed by atoms with Gasteiger partial charge in [-0.25, -0.2) is 4.39 Å². The number of benzene rings is 2. The monoisotopic (exact) mass is 276 g/mol. The van der Waals surface area contributed by atoms with Gasteiger partial charge in [-0.15, -0.1) is 0 Å². The van der Waals surface area contributed by atoms with Gasteiger partial charge in [-0.1, -0.05) is 12.1 Å². The number of nitrogens with two attached hydrogens (primary N) is 1. The van der Waals surface area contributed by atoms with Crippen LogP contribution in [0.2, 0.25) is 0 Å². The van der Waals surface area contributed by atoms with Gasteiger partial charge in [-0.3, -0.25) is 10.1 Å². The van der Waals surface area contributed by atoms with Crippen molar-refractivity contribution >= 4 is 5.69 Å². The molecule has 6 heteroatoms. The summed E-state index contributed by atoms with van der Waals surface area (Å²) in [5.74, 6) is -0.183. The van der Waals surface area contributed by atoms with Crippen LogP contribution < -0.4 is 10.5 Å². The molecule has 2 aromatic carbocycles. The predicted octanol–water partition coefficient (Wildman–Crippen LogP) is 3.55. The maximum absolute atomic E-state index is 13.8. The van der Waals surface area contributed by atoms with Crippen molar-refractivity contribution in [1.82, 2.24) is 0 Å². The molecule has 0 amide bonds. The minimum absolute atomic E-state index is 0.0383. The van der Waals surface area contributed by atoms with E-state index < -0.39 is 16.8 Å². The molecule has 0 unspecified atom stereocenters. The first-order valence-corrected chi connectivity index (χ1v) is 5.95. The number of halogens is 1. The quantitative estimate of drug-likeness (QED) is 0.684. The molecule has 2 aromatic rings. The van der Waals surface area contributed by atoms with E-state index in [9.17, 15) is 14.5 Å². The van der Waals surface area contributed by atoms with Crippen LogP contribution >= 0.6 is 0 Å². The third-order valence-corrected chi connectivity index (χ3v) is 2.76. The number of para-hydroxylation sites is 1. The molecule has 0 radical (unpaired) electrons. The lowest BCUT2D eigenvalue weighted by molar-refractivity contribution is -0.384. The molecule has 0 aromatic heterocycles. The van der Waals surface area contributed by atoms with Crippen molar-refractivity contribution < 1.29 is 14.1 Å². The summed E-state index contributed by atoms with van der Waals surface area (Å²) in [6.07, 6.45) is 0. The number of hydrogen-bond acceptors (Lipinski definition) is 4. The van der Waals surface area contributed by atoms with Crippen molar-refractivity contribution in [3.8, 4) is 11.5 Å². The molecular weight excluding hydrogens is 263 g/mol. The molecule has 1 atom stereocenters. The van der Waals surface area contributed by atoms with E-state index in [-0.39, 0.29) is 11.4 Å². The Bertz CT molecular complexity index is 627. The van der Waals surface area contributed by atoms with Gasteiger partial charge >= 0.3 is 0 Å². The average molecular weight is 276 g/mol. The summed E-state index contributed by atoms with van der Waals surface area (Å²) in [7, 11) is 0. The second kappa shape index (κ2) is 5.66. The molecule has 0 bridgehead atoms. The summed E-state index contributed by atoms with van der Waals surface area (Å²) in [4.78, 5) is 10.0. The van der Waals surface area contributed by atoms with Gasteiger partial charge in [0, 0.05) is 23.7 Å². The lowest BCUT2D eigenvalue weighted by Gasteiger charge is -2.14. The van der Waals surface area contributed by atoms with E-state index in [1.54, 1.807) is 19.1 Å². The fourth-order valence-corrected chi connectivity index (χ4v) is 1.75. The Hall–Kier alpha value is -2.47. The standard InChI is InChI=1S/C14H13FN2O3/c1-9(16)12-3-2-4-13(15)14(12)20-11-7-5-10(6-8-11)17(18)19/h2-9H,16H2,1H3/t9-/m1/s1. The zero-order valence-electron chi connectivity index (χ0n) is 10.7. The van der Waals surface area contributed by atoms with Crippen LogP contribution in [0.1, 0.15) is 18.5 Å². The van der Waals surface area contributed by atoms with Crippen LogP contribution in [0, 0.1) is 15.9 Å². The van der Waals surface area contributed by atoms with Gasteiger partial charge < -0.3 is 10.5 Å². The van der Waals surface area contributed by atoms with E-state index in [1.165, 1.54) is 30.3 Å². The Labute approximate surface area is 114 Å². The summed E-state index contributed by atoms with van der Waals surface area (Å²) in [6.45, 7) is 1.72. The third-order valence-electron chi connectivity index (χ3n) is 2.76. The molecule has 2 N–H and O–H groups in total. The van der Waals surface area contributed by atoms with Crippen LogP contribution in [-0.4, -0.2) is 4.92 Å². The highest BCUT2D eigenvalue weighted by molar-refractivity contribution is 5.43. The molecule has 0 saturated carbocycles. The number of hydrogen-bond donors (Lipinski definition) is 1. The van der Waals surface area contributed by atoms with Gasteiger partial charge in [0.25, 0.3) is 5.69 Å². The Morgan fingerprint density at radius 3 is 2.45 bits per heavy atom. The van der Waals surface area contributed by atoms with Gasteiger partial charge in [-0.2, -0.15) is 0 Å². The number of ether oxygens (including phenoxy) is 1. The maximum atomic E-state index is 13.8. The topological polar surface area (TPSA) is 78.4 Å². The number of non-ortho nitro benzene ring substituents is 1. The van der Waals surface area contributed by atoms with Gasteiger partial charge in [0.2, 0.25) is 0 Å². The fraction of sp³-hybridized carbons (Fsp3) is 0.143. The van der Waals surface area contributed by atoms with Crippen LogP contribution in [0.4, 0.5) is 10.1 Å². The smallest absolute Gasteiger partial charge is 0.269 e. The Morgan fingerprint density at radius 2 is 1.90 bits per heavy atom. The van der Waals surface area contributed by atoms with Crippen LogP contribution in [0.15, 0.2) is 42.5 Å². The second-order valence-corrected chi connectivity index (χ2v) is 4.30. The van der Waals surface area contributed by atoms with Crippen molar-refractivity contribution in [2.45, 2.75) is 13.0 Å². The number of rotatable bonds is 4. The van der Waals surface area contributed by atoms with E-state index in [4.69, 9.17) is 10.5 Å². The summed E-state index contributed by atoms with van der Waals surface area (Å²) < 4.78 is 19.3. The first-order chi connectivity index (χ1) is 9.49. The third kappa shape index (κ3) is 2.92. The lowest BCUT2D eigenvalue weighted by Crippen LogP contribution is -2.07. The molecule has 0 aliphatic heterocycles. The highest BCUT2D eigenvalue weighted by atomic mass is 19.1. The van der Waals surface area contributed by atoms with Crippen molar-refractivity contribution in [1.29, 1.82) is 0 Å². The van der Waals surface area contributed by atoms with Crippen molar-refractivity contribution in [2.75, 3.05) is 0 Å². The van der Waals surface area contributed by atoms with E-state index >= 15 is 0 Å². The van der Waals surface area contributed by atoms with Crippen LogP contribution in [-0.2, 0) is 0 Å². The van der Waals surface area contributed by atoms with Crippen molar-refractivity contribution in [2.24, 2.45) is 5.73 Å². The van der Waals surface area contributed by atoms with E-state index in [1.807, 2.05) is 0 Å². The Balaban J connectivity index is 2.32. The van der Waals surface area contributed by atoms with E-state index in [0.717, 1.165) is 0 Å². The van der Waals surface area contributed by atoms with E-state index in [2.05, 4.69) is 0 Å². The molecule has 5 nitrogen and oxygen atoms in total. The molecule has 20 heavy (non-hydrogen) atoms. The summed E-state index contributed by atoms with van der Waals surface area (Å²) in [6, 6.07) is 9.52. The van der Waals surface area contributed by atoms with Crippen molar-refractivity contribution in [3.05, 3.63) is 64.0 Å². The largest absolute Gasteiger partial charge is 0.454 e.